The second kappa shape index (κ2) is 14.7. The Morgan fingerprint density at radius 1 is 0.792 bits per heavy atom. The summed E-state index contributed by atoms with van der Waals surface area (Å²) in [5, 5.41) is 9.56. The van der Waals surface area contributed by atoms with E-state index in [9.17, 15) is 13.5 Å². The van der Waals surface area contributed by atoms with Gasteiger partial charge in [-0.1, -0.05) is 103 Å². The minimum Gasteiger partial charge on any atom is -0.392 e. The van der Waals surface area contributed by atoms with Crippen molar-refractivity contribution in [2.24, 2.45) is 0 Å². The first-order chi connectivity index (χ1) is 23.4. The van der Waals surface area contributed by atoms with Gasteiger partial charge >= 0.3 is 0 Å². The minimum atomic E-state index is -3.62. The van der Waals surface area contributed by atoms with Gasteiger partial charge in [-0.05, 0) is 64.2 Å². The molecule has 3 atom stereocenters. The Balaban J connectivity index is 1.10. The second-order valence-electron chi connectivity index (χ2n) is 11.6. The largest absolute Gasteiger partial charge is 0.392 e. The molecule has 7 nitrogen and oxygen atoms in total. The van der Waals surface area contributed by atoms with E-state index in [1.165, 1.54) is 4.70 Å². The van der Waals surface area contributed by atoms with Crippen LogP contribution in [-0.2, 0) is 32.6 Å². The SMILES string of the molecule is O=S(=O)(NCc1cccc(-c2cccc(C3OC(CSc4nc5ccccc5s4)CC(c4ccc(CO)cc4)O3)c2)c1)c1ccccc1. The first-order valence-corrected chi connectivity index (χ1v) is 18.9. The fraction of sp³-hybridized carbons (Fsp3) is 0.184. The molecule has 0 radical (unpaired) electrons. The molecule has 5 aromatic carbocycles. The number of sulfonamides is 1. The summed E-state index contributed by atoms with van der Waals surface area (Å²) < 4.78 is 43.7. The third-order valence-corrected chi connectivity index (χ3v) is 11.9. The van der Waals surface area contributed by atoms with E-state index in [0.717, 1.165) is 49.0 Å². The Kier molecular flexibility index (Phi) is 10.0. The number of aliphatic hydroxyl groups is 1. The van der Waals surface area contributed by atoms with Crippen LogP contribution >= 0.6 is 23.1 Å². The van der Waals surface area contributed by atoms with E-state index in [1.807, 2.05) is 84.9 Å². The molecule has 7 rings (SSSR count). The van der Waals surface area contributed by atoms with E-state index < -0.39 is 16.3 Å². The maximum atomic E-state index is 12.8. The summed E-state index contributed by atoms with van der Waals surface area (Å²) >= 11 is 3.40. The van der Waals surface area contributed by atoms with Crippen LogP contribution < -0.4 is 4.72 Å². The predicted octanol–water partition coefficient (Wildman–Crippen LogP) is 8.27. The van der Waals surface area contributed by atoms with Crippen molar-refractivity contribution in [2.75, 3.05) is 5.75 Å². The van der Waals surface area contributed by atoms with E-state index >= 15 is 0 Å². The zero-order valence-electron chi connectivity index (χ0n) is 25.9. The van der Waals surface area contributed by atoms with Gasteiger partial charge in [0.2, 0.25) is 10.0 Å². The third kappa shape index (κ3) is 7.71. The number of aromatic nitrogens is 1. The quantitative estimate of drug-likeness (QED) is 0.132. The van der Waals surface area contributed by atoms with Gasteiger partial charge in [0, 0.05) is 24.3 Å². The molecule has 1 aliphatic heterocycles. The molecule has 2 N–H and O–H groups in total. The number of para-hydroxylation sites is 1. The molecular formula is C38H34N2O5S3. The number of nitrogens with zero attached hydrogens (tertiary/aromatic N) is 1. The lowest BCUT2D eigenvalue weighted by Gasteiger charge is -2.36. The third-order valence-electron chi connectivity index (χ3n) is 8.22. The van der Waals surface area contributed by atoms with Gasteiger partial charge in [0.05, 0.1) is 33.9 Å². The van der Waals surface area contributed by atoms with E-state index in [-0.39, 0.29) is 30.3 Å². The lowest BCUT2D eigenvalue weighted by atomic mass is 9.99. The van der Waals surface area contributed by atoms with Gasteiger partial charge in [0.15, 0.2) is 10.6 Å². The molecule has 1 aliphatic rings. The van der Waals surface area contributed by atoms with Gasteiger partial charge in [-0.3, -0.25) is 0 Å². The standard InChI is InChI=1S/C38H34N2O5S3/c41-24-26-16-18-28(19-17-26)35-22-32(25-46-38-40-34-14-4-5-15-36(34)47-38)44-37(45-35)31-11-7-10-30(21-31)29-9-6-8-27(20-29)23-39-48(42,43)33-12-2-1-3-13-33/h1-21,32,35,37,39,41H,22-25H2. The van der Waals surface area contributed by atoms with Gasteiger partial charge in [0.25, 0.3) is 0 Å². The van der Waals surface area contributed by atoms with E-state index in [4.69, 9.17) is 14.5 Å². The number of fused-ring (bicyclic) bond motifs is 1. The van der Waals surface area contributed by atoms with E-state index in [0.29, 0.717) is 6.42 Å². The lowest BCUT2D eigenvalue weighted by Crippen LogP contribution is -2.31. The topological polar surface area (TPSA) is 97.8 Å². The van der Waals surface area contributed by atoms with Crippen LogP contribution in [0.15, 0.2) is 137 Å². The highest BCUT2D eigenvalue weighted by molar-refractivity contribution is 8.01. The Morgan fingerprint density at radius 3 is 2.33 bits per heavy atom. The van der Waals surface area contributed by atoms with Crippen LogP contribution in [0.3, 0.4) is 0 Å². The van der Waals surface area contributed by atoms with Crippen molar-refractivity contribution in [3.8, 4) is 11.1 Å². The van der Waals surface area contributed by atoms with Crippen molar-refractivity contribution in [1.29, 1.82) is 0 Å². The molecule has 6 aromatic rings. The van der Waals surface area contributed by atoms with Crippen molar-refractivity contribution >= 4 is 43.3 Å². The van der Waals surface area contributed by atoms with Gasteiger partial charge < -0.3 is 14.6 Å². The minimum absolute atomic E-state index is 0.00807. The zero-order chi connectivity index (χ0) is 32.9. The molecule has 0 aliphatic carbocycles. The van der Waals surface area contributed by atoms with Crippen molar-refractivity contribution in [3.05, 3.63) is 150 Å². The zero-order valence-corrected chi connectivity index (χ0v) is 28.4. The summed E-state index contributed by atoms with van der Waals surface area (Å²) in [4.78, 5) is 5.03. The van der Waals surface area contributed by atoms with Crippen LogP contribution in [0.1, 0.15) is 41.1 Å². The fourth-order valence-corrected chi connectivity index (χ4v) is 8.84. The van der Waals surface area contributed by atoms with Crippen molar-refractivity contribution < 1.29 is 23.0 Å². The average molecular weight is 695 g/mol. The number of aliphatic hydroxyl groups excluding tert-OH is 1. The number of benzene rings is 5. The Bertz CT molecular complexity index is 2070. The highest BCUT2D eigenvalue weighted by Gasteiger charge is 2.32. The van der Waals surface area contributed by atoms with Crippen molar-refractivity contribution in [3.63, 3.8) is 0 Å². The molecule has 2 heterocycles. The number of hydrogen-bond donors (Lipinski definition) is 2. The normalized spacial score (nSPS) is 18.2. The Hall–Kier alpha value is -3.87. The molecule has 1 fully saturated rings. The predicted molar refractivity (Wildman–Crippen MR) is 191 cm³/mol. The van der Waals surface area contributed by atoms with Gasteiger partial charge in [-0.25, -0.2) is 18.1 Å². The van der Waals surface area contributed by atoms with Crippen LogP contribution in [-0.4, -0.2) is 30.4 Å². The van der Waals surface area contributed by atoms with Gasteiger partial charge in [0.1, 0.15) is 0 Å². The van der Waals surface area contributed by atoms with Gasteiger partial charge in [-0.15, -0.1) is 11.3 Å². The molecule has 0 bridgehead atoms. The molecule has 48 heavy (non-hydrogen) atoms. The van der Waals surface area contributed by atoms with Crippen LogP contribution in [0.25, 0.3) is 21.3 Å². The van der Waals surface area contributed by atoms with Crippen molar-refractivity contribution in [2.45, 2.75) is 47.3 Å². The molecule has 0 spiro atoms. The summed E-state index contributed by atoms with van der Waals surface area (Å²) in [5.74, 6) is 0.728. The number of thiazole rings is 1. The van der Waals surface area contributed by atoms with Crippen LogP contribution in [0.5, 0.6) is 0 Å². The Morgan fingerprint density at radius 2 is 1.54 bits per heavy atom. The highest BCUT2D eigenvalue weighted by Crippen LogP contribution is 2.41. The molecule has 10 heteroatoms. The fourth-order valence-electron chi connectivity index (χ4n) is 5.69. The molecule has 0 saturated carbocycles. The highest BCUT2D eigenvalue weighted by atomic mass is 32.2. The number of thioether (sulfide) groups is 1. The number of nitrogens with one attached hydrogen (secondary N) is 1. The molecule has 3 unspecified atom stereocenters. The maximum absolute atomic E-state index is 12.8. The molecule has 0 amide bonds. The van der Waals surface area contributed by atoms with E-state index in [1.54, 1.807) is 53.4 Å². The summed E-state index contributed by atoms with van der Waals surface area (Å²) in [5.41, 5.74) is 6.58. The van der Waals surface area contributed by atoms with Crippen LogP contribution in [0, 0.1) is 0 Å². The second-order valence-corrected chi connectivity index (χ2v) is 15.6. The Labute approximate surface area is 288 Å². The number of rotatable bonds is 11. The average Bonchev–Trinajstić information content (AvgIpc) is 3.57. The summed E-state index contributed by atoms with van der Waals surface area (Å²) in [7, 11) is -3.62. The molecular weight excluding hydrogens is 661 g/mol. The lowest BCUT2D eigenvalue weighted by molar-refractivity contribution is -0.245. The molecule has 1 aromatic heterocycles. The van der Waals surface area contributed by atoms with Crippen LogP contribution in [0.2, 0.25) is 0 Å². The molecule has 1 saturated heterocycles. The first kappa shape index (κ1) is 32.7. The van der Waals surface area contributed by atoms with Gasteiger partial charge in [-0.2, -0.15) is 0 Å². The smallest absolute Gasteiger partial charge is 0.240 e. The van der Waals surface area contributed by atoms with Crippen LogP contribution in [0.4, 0.5) is 0 Å². The maximum Gasteiger partial charge on any atom is 0.240 e. The summed E-state index contributed by atoms with van der Waals surface area (Å²) in [6, 6.07) is 40.4. The summed E-state index contributed by atoms with van der Waals surface area (Å²) in [6.07, 6.45) is -0.189. The van der Waals surface area contributed by atoms with E-state index in [2.05, 4.69) is 16.9 Å². The monoisotopic (exact) mass is 694 g/mol. The molecule has 244 valence electrons. The first-order valence-electron chi connectivity index (χ1n) is 15.7. The number of hydrogen-bond acceptors (Lipinski definition) is 8. The van der Waals surface area contributed by atoms with Crippen molar-refractivity contribution in [1.82, 2.24) is 9.71 Å². The summed E-state index contributed by atoms with van der Waals surface area (Å²) in [6.45, 7) is 0.163. The number of ether oxygens (including phenoxy) is 2.